The van der Waals surface area contributed by atoms with E-state index in [0.29, 0.717) is 18.6 Å². The molecule has 0 fully saturated rings. The SMILES string of the molecule is CCOC(=O)c1ccc(-c2ccccc2Br)nc1CC. The average molecular weight is 334 g/mol. The molecule has 0 atom stereocenters. The highest BCUT2D eigenvalue weighted by atomic mass is 79.9. The summed E-state index contributed by atoms with van der Waals surface area (Å²) in [5.41, 5.74) is 3.17. The van der Waals surface area contributed by atoms with Crippen molar-refractivity contribution in [2.24, 2.45) is 0 Å². The van der Waals surface area contributed by atoms with Crippen molar-refractivity contribution >= 4 is 21.9 Å². The molecule has 0 bridgehead atoms. The number of rotatable bonds is 4. The van der Waals surface area contributed by atoms with Crippen molar-refractivity contribution in [2.75, 3.05) is 6.61 Å². The zero-order chi connectivity index (χ0) is 14.5. The van der Waals surface area contributed by atoms with E-state index in [4.69, 9.17) is 4.74 Å². The van der Waals surface area contributed by atoms with Crippen LogP contribution < -0.4 is 0 Å². The van der Waals surface area contributed by atoms with Gasteiger partial charge >= 0.3 is 5.97 Å². The van der Waals surface area contributed by atoms with Crippen molar-refractivity contribution in [3.8, 4) is 11.3 Å². The Morgan fingerprint density at radius 2 is 1.95 bits per heavy atom. The molecule has 20 heavy (non-hydrogen) atoms. The number of hydrogen-bond acceptors (Lipinski definition) is 3. The lowest BCUT2D eigenvalue weighted by Crippen LogP contribution is -2.09. The molecule has 1 heterocycles. The van der Waals surface area contributed by atoms with Gasteiger partial charge in [0.05, 0.1) is 23.6 Å². The van der Waals surface area contributed by atoms with Crippen LogP contribution in [0.1, 0.15) is 29.9 Å². The third-order valence-electron chi connectivity index (χ3n) is 2.95. The fourth-order valence-electron chi connectivity index (χ4n) is 1.98. The number of nitrogens with zero attached hydrogens (tertiary/aromatic N) is 1. The van der Waals surface area contributed by atoms with Gasteiger partial charge in [-0.15, -0.1) is 0 Å². The maximum atomic E-state index is 11.9. The second-order valence-electron chi connectivity index (χ2n) is 4.24. The van der Waals surface area contributed by atoms with E-state index in [1.165, 1.54) is 0 Å². The van der Waals surface area contributed by atoms with E-state index in [0.717, 1.165) is 21.4 Å². The van der Waals surface area contributed by atoms with Crippen LogP contribution in [0.2, 0.25) is 0 Å². The molecule has 0 saturated carbocycles. The summed E-state index contributed by atoms with van der Waals surface area (Å²) in [6, 6.07) is 11.5. The summed E-state index contributed by atoms with van der Waals surface area (Å²) >= 11 is 3.52. The summed E-state index contributed by atoms with van der Waals surface area (Å²) < 4.78 is 6.04. The lowest BCUT2D eigenvalue weighted by molar-refractivity contribution is 0.0524. The Balaban J connectivity index is 2.45. The van der Waals surface area contributed by atoms with Crippen molar-refractivity contribution in [2.45, 2.75) is 20.3 Å². The van der Waals surface area contributed by atoms with Crippen LogP contribution in [-0.2, 0) is 11.2 Å². The van der Waals surface area contributed by atoms with Gasteiger partial charge < -0.3 is 4.74 Å². The molecule has 0 unspecified atom stereocenters. The van der Waals surface area contributed by atoms with Crippen LogP contribution in [0.4, 0.5) is 0 Å². The highest BCUT2D eigenvalue weighted by molar-refractivity contribution is 9.10. The second kappa shape index (κ2) is 6.66. The van der Waals surface area contributed by atoms with Crippen LogP contribution in [0.5, 0.6) is 0 Å². The van der Waals surface area contributed by atoms with Crippen LogP contribution in [0.25, 0.3) is 11.3 Å². The van der Waals surface area contributed by atoms with Crippen LogP contribution in [-0.4, -0.2) is 17.6 Å². The first kappa shape index (κ1) is 14.7. The first-order valence-electron chi connectivity index (χ1n) is 6.59. The lowest BCUT2D eigenvalue weighted by Gasteiger charge is -2.10. The van der Waals surface area contributed by atoms with Gasteiger partial charge in [0, 0.05) is 10.0 Å². The van der Waals surface area contributed by atoms with E-state index in [9.17, 15) is 4.79 Å². The van der Waals surface area contributed by atoms with Gasteiger partial charge in [-0.3, -0.25) is 4.98 Å². The van der Waals surface area contributed by atoms with Crippen LogP contribution in [0.15, 0.2) is 40.9 Å². The average Bonchev–Trinajstić information content (AvgIpc) is 2.47. The summed E-state index contributed by atoms with van der Waals surface area (Å²) in [6.45, 7) is 4.15. The van der Waals surface area contributed by atoms with Gasteiger partial charge in [0.2, 0.25) is 0 Å². The molecule has 3 nitrogen and oxygen atoms in total. The molecular formula is C16H16BrNO2. The minimum Gasteiger partial charge on any atom is -0.462 e. The molecule has 0 amide bonds. The molecule has 0 aliphatic carbocycles. The number of carbonyl (C=O) groups excluding carboxylic acids is 1. The summed E-state index contributed by atoms with van der Waals surface area (Å²) in [7, 11) is 0. The highest BCUT2D eigenvalue weighted by Crippen LogP contribution is 2.27. The monoisotopic (exact) mass is 333 g/mol. The summed E-state index contributed by atoms with van der Waals surface area (Å²) in [4.78, 5) is 16.5. The molecule has 1 aromatic carbocycles. The molecule has 4 heteroatoms. The van der Waals surface area contributed by atoms with Crippen molar-refractivity contribution in [1.29, 1.82) is 0 Å². The van der Waals surface area contributed by atoms with Crippen molar-refractivity contribution in [1.82, 2.24) is 4.98 Å². The Kier molecular flexibility index (Phi) is 4.90. The third kappa shape index (κ3) is 3.07. The smallest absolute Gasteiger partial charge is 0.339 e. The van der Waals surface area contributed by atoms with Crippen LogP contribution in [0.3, 0.4) is 0 Å². The minimum atomic E-state index is -0.310. The maximum Gasteiger partial charge on any atom is 0.339 e. The van der Waals surface area contributed by atoms with Gasteiger partial charge in [0.1, 0.15) is 0 Å². The molecular weight excluding hydrogens is 318 g/mol. The molecule has 1 aromatic heterocycles. The van der Waals surface area contributed by atoms with Crippen molar-refractivity contribution in [3.63, 3.8) is 0 Å². The maximum absolute atomic E-state index is 11.9. The van der Waals surface area contributed by atoms with Gasteiger partial charge in [0.15, 0.2) is 0 Å². The standard InChI is InChI=1S/C16H16BrNO2/c1-3-14-12(16(19)20-4-2)9-10-15(18-14)11-7-5-6-8-13(11)17/h5-10H,3-4H2,1-2H3. The number of ether oxygens (including phenoxy) is 1. The molecule has 2 rings (SSSR count). The second-order valence-corrected chi connectivity index (χ2v) is 5.10. The molecule has 0 aliphatic rings. The Bertz CT molecular complexity index is 626. The Labute approximate surface area is 127 Å². The molecule has 0 N–H and O–H groups in total. The first-order valence-corrected chi connectivity index (χ1v) is 7.38. The normalized spacial score (nSPS) is 10.3. The fourth-order valence-corrected chi connectivity index (χ4v) is 2.47. The van der Waals surface area contributed by atoms with E-state index in [1.807, 2.05) is 37.3 Å². The zero-order valence-corrected chi connectivity index (χ0v) is 13.1. The molecule has 0 radical (unpaired) electrons. The first-order chi connectivity index (χ1) is 9.67. The number of aryl methyl sites for hydroxylation is 1. The Morgan fingerprint density at radius 1 is 1.20 bits per heavy atom. The predicted molar refractivity (Wildman–Crippen MR) is 82.7 cm³/mol. The molecule has 0 spiro atoms. The Morgan fingerprint density at radius 3 is 2.60 bits per heavy atom. The Hall–Kier alpha value is -1.68. The fraction of sp³-hybridized carbons (Fsp3) is 0.250. The number of benzene rings is 1. The number of hydrogen-bond donors (Lipinski definition) is 0. The lowest BCUT2D eigenvalue weighted by atomic mass is 10.1. The van der Waals surface area contributed by atoms with Gasteiger partial charge in [-0.05, 0) is 31.5 Å². The summed E-state index contributed by atoms with van der Waals surface area (Å²) in [5.74, 6) is -0.310. The van der Waals surface area contributed by atoms with Gasteiger partial charge in [0.25, 0.3) is 0 Å². The van der Waals surface area contributed by atoms with Crippen molar-refractivity contribution in [3.05, 3.63) is 52.1 Å². The summed E-state index contributed by atoms with van der Waals surface area (Å²) in [5, 5.41) is 0. The molecule has 104 valence electrons. The van der Waals surface area contributed by atoms with E-state index in [1.54, 1.807) is 13.0 Å². The predicted octanol–water partition coefficient (Wildman–Crippen LogP) is 4.25. The minimum absolute atomic E-state index is 0.310. The van der Waals surface area contributed by atoms with Crippen LogP contribution >= 0.6 is 15.9 Å². The topological polar surface area (TPSA) is 39.2 Å². The third-order valence-corrected chi connectivity index (χ3v) is 3.65. The number of esters is 1. The molecule has 2 aromatic rings. The number of halogens is 1. The molecule has 0 saturated heterocycles. The highest BCUT2D eigenvalue weighted by Gasteiger charge is 2.14. The zero-order valence-electron chi connectivity index (χ0n) is 11.5. The van der Waals surface area contributed by atoms with E-state index >= 15 is 0 Å². The van der Waals surface area contributed by atoms with Crippen LogP contribution in [0, 0.1) is 0 Å². The largest absolute Gasteiger partial charge is 0.462 e. The molecule has 0 aliphatic heterocycles. The van der Waals surface area contributed by atoms with Gasteiger partial charge in [-0.1, -0.05) is 41.1 Å². The van der Waals surface area contributed by atoms with E-state index in [-0.39, 0.29) is 5.97 Å². The summed E-state index contributed by atoms with van der Waals surface area (Å²) in [6.07, 6.45) is 0.687. The van der Waals surface area contributed by atoms with Crippen molar-refractivity contribution < 1.29 is 9.53 Å². The number of carbonyl (C=O) groups is 1. The van der Waals surface area contributed by atoms with E-state index in [2.05, 4.69) is 20.9 Å². The quantitative estimate of drug-likeness (QED) is 0.785. The number of aromatic nitrogens is 1. The van der Waals surface area contributed by atoms with Gasteiger partial charge in [-0.25, -0.2) is 4.79 Å². The number of pyridine rings is 1. The van der Waals surface area contributed by atoms with Gasteiger partial charge in [-0.2, -0.15) is 0 Å². The van der Waals surface area contributed by atoms with E-state index < -0.39 is 0 Å².